The van der Waals surface area contributed by atoms with Crippen LogP contribution in [0.1, 0.15) is 31.2 Å². The highest BCUT2D eigenvalue weighted by Gasteiger charge is 2.07. The summed E-state index contributed by atoms with van der Waals surface area (Å²) in [6.07, 6.45) is 0. The molecule has 2 aromatic rings. The van der Waals surface area contributed by atoms with Gasteiger partial charge in [-0.3, -0.25) is 0 Å². The van der Waals surface area contributed by atoms with E-state index in [1.807, 2.05) is 12.1 Å². The second-order valence-corrected chi connectivity index (χ2v) is 4.00. The first kappa shape index (κ1) is 10.8. The fourth-order valence-corrected chi connectivity index (χ4v) is 1.46. The van der Waals surface area contributed by atoms with Gasteiger partial charge in [-0.15, -0.1) is 0 Å². The average molecular weight is 217 g/mol. The minimum Gasteiger partial charge on any atom is -0.334 e. The molecule has 4 nitrogen and oxygen atoms in total. The summed E-state index contributed by atoms with van der Waals surface area (Å²) < 4.78 is 5.10. The average Bonchev–Trinajstić information content (AvgIpc) is 2.77. The molecule has 0 radical (unpaired) electrons. The van der Waals surface area contributed by atoms with E-state index in [1.54, 1.807) is 0 Å². The molecule has 2 rings (SSSR count). The van der Waals surface area contributed by atoms with Crippen LogP contribution in [0.3, 0.4) is 0 Å². The van der Waals surface area contributed by atoms with Crippen LogP contribution in [0, 0.1) is 0 Å². The minimum atomic E-state index is 0.299. The van der Waals surface area contributed by atoms with Crippen molar-refractivity contribution in [2.24, 2.45) is 5.73 Å². The monoisotopic (exact) mass is 217 g/mol. The van der Waals surface area contributed by atoms with Gasteiger partial charge in [0, 0.05) is 5.56 Å². The maximum Gasteiger partial charge on any atom is 0.257 e. The van der Waals surface area contributed by atoms with Gasteiger partial charge in [0.15, 0.2) is 5.82 Å². The lowest BCUT2D eigenvalue weighted by Gasteiger charge is -2.04. The Morgan fingerprint density at radius 2 is 1.94 bits per heavy atom. The van der Waals surface area contributed by atoms with Gasteiger partial charge in [0.2, 0.25) is 0 Å². The Hall–Kier alpha value is -1.68. The summed E-state index contributed by atoms with van der Waals surface area (Å²) in [6.45, 7) is 4.62. The Morgan fingerprint density at radius 1 is 1.25 bits per heavy atom. The van der Waals surface area contributed by atoms with Crippen LogP contribution < -0.4 is 5.73 Å². The van der Waals surface area contributed by atoms with Gasteiger partial charge in [-0.2, -0.15) is 4.98 Å². The third kappa shape index (κ3) is 2.12. The van der Waals surface area contributed by atoms with Crippen LogP contribution >= 0.6 is 0 Å². The fraction of sp³-hybridized carbons (Fsp3) is 0.333. The van der Waals surface area contributed by atoms with Crippen LogP contribution in [0.4, 0.5) is 0 Å². The number of aromatic nitrogens is 2. The second kappa shape index (κ2) is 4.45. The van der Waals surface area contributed by atoms with Crippen LogP contribution in [0.2, 0.25) is 0 Å². The van der Waals surface area contributed by atoms with E-state index in [4.69, 9.17) is 10.3 Å². The van der Waals surface area contributed by atoms with Crippen molar-refractivity contribution in [1.82, 2.24) is 10.1 Å². The van der Waals surface area contributed by atoms with Crippen molar-refractivity contribution in [2.75, 3.05) is 0 Å². The predicted octanol–water partition coefficient (Wildman–Crippen LogP) is 2.32. The number of nitrogens with zero attached hydrogens (tertiary/aromatic N) is 2. The number of benzene rings is 1. The molecule has 0 atom stereocenters. The third-order valence-corrected chi connectivity index (χ3v) is 2.47. The molecule has 4 heteroatoms. The second-order valence-electron chi connectivity index (χ2n) is 4.00. The van der Waals surface area contributed by atoms with Crippen molar-refractivity contribution in [1.29, 1.82) is 0 Å². The lowest BCUT2D eigenvalue weighted by Crippen LogP contribution is -1.97. The molecular formula is C12H15N3O. The molecule has 16 heavy (non-hydrogen) atoms. The molecule has 0 unspecified atom stereocenters. The highest BCUT2D eigenvalue weighted by Crippen LogP contribution is 2.21. The van der Waals surface area contributed by atoms with Crippen molar-refractivity contribution in [3.05, 3.63) is 35.7 Å². The Morgan fingerprint density at radius 3 is 2.44 bits per heavy atom. The highest BCUT2D eigenvalue weighted by atomic mass is 16.5. The first-order valence-electron chi connectivity index (χ1n) is 5.33. The Kier molecular flexibility index (Phi) is 3.01. The van der Waals surface area contributed by atoms with Crippen molar-refractivity contribution < 1.29 is 4.52 Å². The Bertz CT molecular complexity index is 459. The number of nitrogens with two attached hydrogens (primary N) is 1. The van der Waals surface area contributed by atoms with Crippen LogP contribution in [0.25, 0.3) is 11.5 Å². The van der Waals surface area contributed by atoms with E-state index in [0.29, 0.717) is 24.2 Å². The number of rotatable bonds is 3. The molecule has 1 aromatic heterocycles. The first-order chi connectivity index (χ1) is 7.70. The fourth-order valence-electron chi connectivity index (χ4n) is 1.46. The van der Waals surface area contributed by atoms with Gasteiger partial charge in [0.05, 0.1) is 6.54 Å². The van der Waals surface area contributed by atoms with Gasteiger partial charge in [-0.05, 0) is 23.6 Å². The maximum atomic E-state index is 5.42. The van der Waals surface area contributed by atoms with Crippen molar-refractivity contribution in [3.8, 4) is 11.5 Å². The van der Waals surface area contributed by atoms with E-state index in [1.165, 1.54) is 5.56 Å². The highest BCUT2D eigenvalue weighted by molar-refractivity contribution is 5.53. The largest absolute Gasteiger partial charge is 0.334 e. The smallest absolute Gasteiger partial charge is 0.257 e. The molecule has 0 saturated heterocycles. The molecule has 84 valence electrons. The van der Waals surface area contributed by atoms with E-state index in [2.05, 4.69) is 36.1 Å². The van der Waals surface area contributed by atoms with E-state index in [-0.39, 0.29) is 0 Å². The first-order valence-corrected chi connectivity index (χ1v) is 5.33. The normalized spacial score (nSPS) is 11.0. The van der Waals surface area contributed by atoms with Gasteiger partial charge in [-0.1, -0.05) is 31.1 Å². The number of hydrogen-bond acceptors (Lipinski definition) is 4. The minimum absolute atomic E-state index is 0.299. The lowest BCUT2D eigenvalue weighted by atomic mass is 10.0. The maximum absolute atomic E-state index is 5.42. The summed E-state index contributed by atoms with van der Waals surface area (Å²) in [4.78, 5) is 4.17. The topological polar surface area (TPSA) is 64.9 Å². The van der Waals surface area contributed by atoms with Gasteiger partial charge in [-0.25, -0.2) is 0 Å². The van der Waals surface area contributed by atoms with Crippen molar-refractivity contribution in [2.45, 2.75) is 26.3 Å². The SMILES string of the molecule is CC(C)c1ccc(-c2nc(CN)no2)cc1. The van der Waals surface area contributed by atoms with Gasteiger partial charge >= 0.3 is 0 Å². The van der Waals surface area contributed by atoms with Crippen molar-refractivity contribution >= 4 is 0 Å². The molecule has 0 aliphatic rings. The summed E-state index contributed by atoms with van der Waals surface area (Å²) in [5.41, 5.74) is 7.64. The van der Waals surface area contributed by atoms with Crippen LogP contribution in [-0.2, 0) is 6.54 Å². The van der Waals surface area contributed by atoms with E-state index >= 15 is 0 Å². The van der Waals surface area contributed by atoms with E-state index in [0.717, 1.165) is 5.56 Å². The molecule has 0 aliphatic carbocycles. The molecule has 1 heterocycles. The standard InChI is InChI=1S/C12H15N3O/c1-8(2)9-3-5-10(6-4-9)12-14-11(7-13)15-16-12/h3-6,8H,7,13H2,1-2H3. The molecule has 0 aliphatic heterocycles. The molecule has 0 bridgehead atoms. The quantitative estimate of drug-likeness (QED) is 0.856. The molecule has 0 fully saturated rings. The van der Waals surface area contributed by atoms with E-state index < -0.39 is 0 Å². The summed E-state index contributed by atoms with van der Waals surface area (Å²) in [7, 11) is 0. The molecule has 2 N–H and O–H groups in total. The Balaban J connectivity index is 2.27. The third-order valence-electron chi connectivity index (χ3n) is 2.47. The summed E-state index contributed by atoms with van der Waals surface area (Å²) in [5, 5.41) is 3.76. The van der Waals surface area contributed by atoms with E-state index in [9.17, 15) is 0 Å². The summed E-state index contributed by atoms with van der Waals surface area (Å²) in [5.74, 6) is 1.58. The van der Waals surface area contributed by atoms with Gasteiger partial charge in [0.1, 0.15) is 0 Å². The van der Waals surface area contributed by atoms with Crippen LogP contribution in [0.5, 0.6) is 0 Å². The number of hydrogen-bond donors (Lipinski definition) is 1. The van der Waals surface area contributed by atoms with Crippen LogP contribution in [0.15, 0.2) is 28.8 Å². The molecule has 0 spiro atoms. The molecule has 0 saturated carbocycles. The zero-order valence-electron chi connectivity index (χ0n) is 9.47. The molecule has 0 amide bonds. The molecule has 1 aromatic carbocycles. The van der Waals surface area contributed by atoms with Gasteiger partial charge < -0.3 is 10.3 Å². The Labute approximate surface area is 94.5 Å². The van der Waals surface area contributed by atoms with Crippen LogP contribution in [-0.4, -0.2) is 10.1 Å². The lowest BCUT2D eigenvalue weighted by molar-refractivity contribution is 0.423. The summed E-state index contributed by atoms with van der Waals surface area (Å²) in [6, 6.07) is 8.13. The zero-order chi connectivity index (χ0) is 11.5. The summed E-state index contributed by atoms with van der Waals surface area (Å²) >= 11 is 0. The molecular weight excluding hydrogens is 202 g/mol. The van der Waals surface area contributed by atoms with Crippen molar-refractivity contribution in [3.63, 3.8) is 0 Å². The zero-order valence-corrected chi connectivity index (χ0v) is 9.47. The predicted molar refractivity (Wildman–Crippen MR) is 61.7 cm³/mol. The van der Waals surface area contributed by atoms with Gasteiger partial charge in [0.25, 0.3) is 5.89 Å².